The van der Waals surface area contributed by atoms with Gasteiger partial charge in [0, 0.05) is 53.4 Å². The van der Waals surface area contributed by atoms with Gasteiger partial charge in [0.05, 0.1) is 6.04 Å². The predicted octanol–water partition coefficient (Wildman–Crippen LogP) is 13.7. The van der Waals surface area contributed by atoms with Crippen LogP contribution in [-0.4, -0.2) is 6.04 Å². The van der Waals surface area contributed by atoms with Crippen LogP contribution in [0.3, 0.4) is 0 Å². The first-order valence-electron chi connectivity index (χ1n) is 17.6. The van der Waals surface area contributed by atoms with Crippen LogP contribution < -0.4 is 4.90 Å². The SMILES string of the molecule is C1=C(c2ccccc2)C=C2c3cc(-c4ccccc4)ccc3N(c3ccc(-c4cc5c6ccccc6oc5c5c4sc4ccccc45)cc3)C2C1. The van der Waals surface area contributed by atoms with Crippen LogP contribution in [-0.2, 0) is 0 Å². The minimum absolute atomic E-state index is 0.229. The van der Waals surface area contributed by atoms with Crippen molar-refractivity contribution < 1.29 is 4.42 Å². The molecule has 9 aromatic rings. The summed E-state index contributed by atoms with van der Waals surface area (Å²) < 4.78 is 9.10. The van der Waals surface area contributed by atoms with E-state index in [2.05, 4.69) is 175 Å². The highest BCUT2D eigenvalue weighted by Crippen LogP contribution is 2.51. The highest BCUT2D eigenvalue weighted by molar-refractivity contribution is 7.26. The maximum Gasteiger partial charge on any atom is 0.144 e. The molecule has 3 heterocycles. The standard InChI is InChI=1S/C48H31NOS/c1-3-11-30(12-4-1)33-21-25-42-39(27-33)40-28-34(31-13-5-2-6-14-31)22-26-43(40)49(42)35-23-19-32(20-24-35)38-29-41-36-15-7-9-17-44(36)50-47(41)46-37-16-8-10-18-45(37)51-48(38)46/h1-25,27-29,43H,26H2. The first-order chi connectivity index (χ1) is 25.3. The highest BCUT2D eigenvalue weighted by atomic mass is 32.1. The Morgan fingerprint density at radius 2 is 1.27 bits per heavy atom. The van der Waals surface area contributed by atoms with Gasteiger partial charge < -0.3 is 9.32 Å². The minimum Gasteiger partial charge on any atom is -0.455 e. The molecule has 0 saturated heterocycles. The lowest BCUT2D eigenvalue weighted by atomic mass is 9.88. The van der Waals surface area contributed by atoms with Crippen molar-refractivity contribution in [1.82, 2.24) is 0 Å². The fourth-order valence-corrected chi connectivity index (χ4v) is 9.62. The summed E-state index contributed by atoms with van der Waals surface area (Å²) in [5.41, 5.74) is 14.6. The molecule has 51 heavy (non-hydrogen) atoms. The average molecular weight is 670 g/mol. The van der Waals surface area contributed by atoms with Gasteiger partial charge in [-0.1, -0.05) is 121 Å². The number of para-hydroxylation sites is 1. The Hall–Kier alpha value is -6.16. The van der Waals surface area contributed by atoms with E-state index >= 15 is 0 Å². The van der Waals surface area contributed by atoms with Gasteiger partial charge in [-0.15, -0.1) is 11.3 Å². The summed E-state index contributed by atoms with van der Waals surface area (Å²) in [5, 5.41) is 4.79. The molecule has 2 nitrogen and oxygen atoms in total. The van der Waals surface area contributed by atoms with Gasteiger partial charge in [-0.25, -0.2) is 0 Å². The summed E-state index contributed by atoms with van der Waals surface area (Å²) in [5.74, 6) is 0. The maximum absolute atomic E-state index is 6.56. The second-order valence-electron chi connectivity index (χ2n) is 13.6. The average Bonchev–Trinajstić information content (AvgIpc) is 3.87. The van der Waals surface area contributed by atoms with Crippen molar-refractivity contribution in [3.05, 3.63) is 181 Å². The monoisotopic (exact) mass is 669 g/mol. The van der Waals surface area contributed by atoms with Crippen molar-refractivity contribution in [2.75, 3.05) is 4.90 Å². The highest BCUT2D eigenvalue weighted by Gasteiger charge is 2.36. The fraction of sp³-hybridized carbons (Fsp3) is 0.0417. The van der Waals surface area contributed by atoms with Crippen LogP contribution in [0.2, 0.25) is 0 Å². The lowest BCUT2D eigenvalue weighted by molar-refractivity contribution is 0.673. The summed E-state index contributed by atoms with van der Waals surface area (Å²) in [7, 11) is 0. The summed E-state index contributed by atoms with van der Waals surface area (Å²) in [6, 6.07) is 57.5. The molecule has 240 valence electrons. The molecule has 0 spiro atoms. The Morgan fingerprint density at radius 3 is 2.10 bits per heavy atom. The van der Waals surface area contributed by atoms with Crippen LogP contribution in [0.1, 0.15) is 17.5 Å². The first kappa shape index (κ1) is 28.7. The zero-order chi connectivity index (χ0) is 33.5. The molecule has 0 saturated carbocycles. The predicted molar refractivity (Wildman–Crippen MR) is 217 cm³/mol. The van der Waals surface area contributed by atoms with E-state index in [0.29, 0.717) is 0 Å². The van der Waals surface area contributed by atoms with Crippen LogP contribution >= 0.6 is 11.3 Å². The van der Waals surface area contributed by atoms with Crippen molar-refractivity contribution in [3.8, 4) is 22.3 Å². The molecule has 1 aliphatic carbocycles. The zero-order valence-electron chi connectivity index (χ0n) is 27.7. The number of anilines is 2. The van der Waals surface area contributed by atoms with Gasteiger partial charge >= 0.3 is 0 Å². The fourth-order valence-electron chi connectivity index (χ4n) is 8.38. The molecule has 2 aromatic heterocycles. The van der Waals surface area contributed by atoms with E-state index in [4.69, 9.17) is 4.42 Å². The number of nitrogens with zero attached hydrogens (tertiary/aromatic N) is 1. The quantitative estimate of drug-likeness (QED) is 0.185. The number of rotatable bonds is 4. The van der Waals surface area contributed by atoms with Crippen LogP contribution in [0.15, 0.2) is 174 Å². The van der Waals surface area contributed by atoms with Gasteiger partial charge in [0.15, 0.2) is 0 Å². The molecule has 3 heteroatoms. The third kappa shape index (κ3) is 4.42. The Labute approximate surface area is 299 Å². The molecule has 1 atom stereocenters. The molecule has 11 rings (SSSR count). The molecule has 7 aromatic carbocycles. The minimum atomic E-state index is 0.229. The van der Waals surface area contributed by atoms with E-state index in [9.17, 15) is 0 Å². The van der Waals surface area contributed by atoms with Gasteiger partial charge in [0.25, 0.3) is 0 Å². The Bertz CT molecular complexity index is 2870. The molecule has 2 aliphatic rings. The van der Waals surface area contributed by atoms with Crippen molar-refractivity contribution in [2.45, 2.75) is 12.5 Å². The molecule has 1 unspecified atom stereocenters. The third-order valence-corrected chi connectivity index (χ3v) is 12.0. The maximum atomic E-state index is 6.56. The van der Waals surface area contributed by atoms with Gasteiger partial charge in [-0.05, 0) is 88.4 Å². The summed E-state index contributed by atoms with van der Waals surface area (Å²) in [4.78, 5) is 2.56. The van der Waals surface area contributed by atoms with E-state index in [-0.39, 0.29) is 6.04 Å². The second kappa shape index (κ2) is 11.2. The number of allylic oxidation sites excluding steroid dienone is 2. The number of furan rings is 1. The van der Waals surface area contributed by atoms with Gasteiger partial charge in [0.1, 0.15) is 11.2 Å². The lowest BCUT2D eigenvalue weighted by Crippen LogP contribution is -2.27. The first-order valence-corrected chi connectivity index (χ1v) is 18.4. The van der Waals surface area contributed by atoms with Crippen molar-refractivity contribution in [1.29, 1.82) is 0 Å². The zero-order valence-corrected chi connectivity index (χ0v) is 28.5. The van der Waals surface area contributed by atoms with E-state index in [1.54, 1.807) is 0 Å². The summed E-state index contributed by atoms with van der Waals surface area (Å²) >= 11 is 1.86. The van der Waals surface area contributed by atoms with E-state index in [1.165, 1.54) is 81.5 Å². The van der Waals surface area contributed by atoms with Gasteiger partial charge in [-0.3, -0.25) is 0 Å². The summed E-state index contributed by atoms with van der Waals surface area (Å²) in [6.07, 6.45) is 5.78. The third-order valence-electron chi connectivity index (χ3n) is 10.8. The number of hydrogen-bond acceptors (Lipinski definition) is 3. The molecular weight excluding hydrogens is 639 g/mol. The van der Waals surface area contributed by atoms with Crippen LogP contribution in [0, 0.1) is 0 Å². The topological polar surface area (TPSA) is 16.4 Å². The van der Waals surface area contributed by atoms with Crippen molar-refractivity contribution in [3.63, 3.8) is 0 Å². The van der Waals surface area contributed by atoms with E-state index in [0.717, 1.165) is 23.0 Å². The van der Waals surface area contributed by atoms with Gasteiger partial charge in [-0.2, -0.15) is 0 Å². The smallest absolute Gasteiger partial charge is 0.144 e. The number of hydrogen-bond donors (Lipinski definition) is 0. The normalized spacial score (nSPS) is 15.4. The molecule has 0 radical (unpaired) electrons. The van der Waals surface area contributed by atoms with Gasteiger partial charge in [0.2, 0.25) is 0 Å². The molecule has 1 aliphatic heterocycles. The van der Waals surface area contributed by atoms with Crippen LogP contribution in [0.5, 0.6) is 0 Å². The van der Waals surface area contributed by atoms with E-state index < -0.39 is 0 Å². The molecule has 0 amide bonds. The summed E-state index contributed by atoms with van der Waals surface area (Å²) in [6.45, 7) is 0. The molecule has 0 fully saturated rings. The Morgan fingerprint density at radius 1 is 0.569 bits per heavy atom. The number of thiophene rings is 1. The molecule has 0 N–H and O–H groups in total. The largest absolute Gasteiger partial charge is 0.455 e. The van der Waals surface area contributed by atoms with Crippen LogP contribution in [0.25, 0.3) is 75.5 Å². The lowest BCUT2D eigenvalue weighted by Gasteiger charge is -2.29. The van der Waals surface area contributed by atoms with E-state index in [1.807, 2.05) is 11.3 Å². The Balaban J connectivity index is 1.05. The molecular formula is C48H31NOS. The van der Waals surface area contributed by atoms with Crippen molar-refractivity contribution >= 4 is 76.0 Å². The Kier molecular flexibility index (Phi) is 6.28. The second-order valence-corrected chi connectivity index (χ2v) is 14.6. The van der Waals surface area contributed by atoms with Crippen molar-refractivity contribution in [2.24, 2.45) is 0 Å². The molecule has 0 bridgehead atoms. The number of benzene rings is 7. The number of fused-ring (bicyclic) bond motifs is 10. The van der Waals surface area contributed by atoms with Crippen LogP contribution in [0.4, 0.5) is 11.4 Å².